The molecule has 1 aromatic rings. The van der Waals surface area contributed by atoms with E-state index in [9.17, 15) is 4.79 Å². The van der Waals surface area contributed by atoms with Crippen LogP contribution in [0.4, 0.5) is 0 Å². The van der Waals surface area contributed by atoms with Crippen molar-refractivity contribution in [1.82, 2.24) is 10.1 Å². The van der Waals surface area contributed by atoms with Crippen LogP contribution in [0.3, 0.4) is 0 Å². The number of rotatable bonds is 3. The molecule has 0 spiro atoms. The van der Waals surface area contributed by atoms with E-state index in [0.29, 0.717) is 18.2 Å². The fourth-order valence-corrected chi connectivity index (χ4v) is 2.83. The van der Waals surface area contributed by atoms with Crippen molar-refractivity contribution in [3.63, 3.8) is 0 Å². The zero-order valence-corrected chi connectivity index (χ0v) is 9.00. The summed E-state index contributed by atoms with van der Waals surface area (Å²) in [5, 5.41) is 12.0. The minimum Gasteiger partial charge on any atom is -0.475 e. The van der Waals surface area contributed by atoms with Crippen LogP contribution in [0.1, 0.15) is 29.4 Å². The van der Waals surface area contributed by atoms with Gasteiger partial charge in [-0.1, -0.05) is 0 Å². The normalized spacial score (nSPS) is 17.9. The fourth-order valence-electron chi connectivity index (χ4n) is 1.62. The van der Waals surface area contributed by atoms with Crippen molar-refractivity contribution in [3.8, 4) is 0 Å². The minimum atomic E-state index is -1.14. The highest BCUT2D eigenvalue weighted by molar-refractivity contribution is 7.99. The van der Waals surface area contributed by atoms with Gasteiger partial charge in [0.25, 0.3) is 5.82 Å². The van der Waals surface area contributed by atoms with Gasteiger partial charge in [-0.2, -0.15) is 16.7 Å². The predicted octanol–water partition coefficient (Wildman–Crippen LogP) is 1.45. The number of carbonyl (C=O) groups is 1. The Hall–Kier alpha value is -1.04. The third kappa shape index (κ3) is 2.71. The van der Waals surface area contributed by atoms with Crippen molar-refractivity contribution in [2.45, 2.75) is 19.3 Å². The van der Waals surface area contributed by atoms with Crippen molar-refractivity contribution in [2.75, 3.05) is 11.5 Å². The molecule has 15 heavy (non-hydrogen) atoms. The molecule has 0 atom stereocenters. The van der Waals surface area contributed by atoms with Gasteiger partial charge in [-0.25, -0.2) is 4.79 Å². The average molecular weight is 228 g/mol. The molecule has 0 bridgehead atoms. The van der Waals surface area contributed by atoms with Crippen molar-refractivity contribution >= 4 is 17.7 Å². The van der Waals surface area contributed by atoms with Gasteiger partial charge in [-0.3, -0.25) is 0 Å². The highest BCUT2D eigenvalue weighted by atomic mass is 32.2. The first kappa shape index (κ1) is 10.5. The van der Waals surface area contributed by atoms with Gasteiger partial charge in [0.05, 0.1) is 0 Å². The molecule has 1 aliphatic heterocycles. The zero-order valence-electron chi connectivity index (χ0n) is 8.18. The maximum absolute atomic E-state index is 10.5. The lowest BCUT2D eigenvalue weighted by molar-refractivity contribution is 0.0680. The first-order valence-electron chi connectivity index (χ1n) is 4.89. The molecule has 0 aliphatic carbocycles. The van der Waals surface area contributed by atoms with Crippen LogP contribution in [0.25, 0.3) is 0 Å². The van der Waals surface area contributed by atoms with E-state index in [0.717, 1.165) is 12.8 Å². The molecule has 0 unspecified atom stereocenters. The summed E-state index contributed by atoms with van der Waals surface area (Å²) in [6, 6.07) is 0. The highest BCUT2D eigenvalue weighted by Crippen LogP contribution is 2.25. The first-order valence-corrected chi connectivity index (χ1v) is 6.05. The fraction of sp³-hybridized carbons (Fsp3) is 0.667. The van der Waals surface area contributed by atoms with E-state index in [4.69, 9.17) is 9.63 Å². The summed E-state index contributed by atoms with van der Waals surface area (Å²) in [7, 11) is 0. The van der Waals surface area contributed by atoms with E-state index < -0.39 is 5.97 Å². The van der Waals surface area contributed by atoms with Crippen LogP contribution in [-0.4, -0.2) is 32.7 Å². The number of hydrogen-bond acceptors (Lipinski definition) is 5. The zero-order chi connectivity index (χ0) is 10.7. The molecule has 5 nitrogen and oxygen atoms in total. The van der Waals surface area contributed by atoms with Gasteiger partial charge >= 0.3 is 5.97 Å². The average Bonchev–Trinajstić information content (AvgIpc) is 2.68. The van der Waals surface area contributed by atoms with Crippen molar-refractivity contribution in [1.29, 1.82) is 0 Å². The van der Waals surface area contributed by atoms with Crippen LogP contribution in [0.5, 0.6) is 0 Å². The molecule has 1 saturated heterocycles. The van der Waals surface area contributed by atoms with E-state index >= 15 is 0 Å². The lowest BCUT2D eigenvalue weighted by Gasteiger charge is -2.19. The third-order valence-electron chi connectivity index (χ3n) is 2.46. The number of aromatic nitrogens is 2. The van der Waals surface area contributed by atoms with Gasteiger partial charge in [-0.05, 0) is 35.4 Å². The number of nitrogens with zero attached hydrogens (tertiary/aromatic N) is 2. The topological polar surface area (TPSA) is 76.2 Å². The van der Waals surface area contributed by atoms with Crippen molar-refractivity contribution < 1.29 is 14.4 Å². The van der Waals surface area contributed by atoms with Crippen LogP contribution < -0.4 is 0 Å². The Morgan fingerprint density at radius 1 is 1.53 bits per heavy atom. The van der Waals surface area contributed by atoms with E-state index in [-0.39, 0.29) is 5.82 Å². The van der Waals surface area contributed by atoms with E-state index in [1.807, 2.05) is 11.8 Å². The van der Waals surface area contributed by atoms with Gasteiger partial charge in [-0.15, -0.1) is 0 Å². The van der Waals surface area contributed by atoms with Crippen molar-refractivity contribution in [2.24, 2.45) is 5.92 Å². The van der Waals surface area contributed by atoms with E-state index in [2.05, 4.69) is 10.1 Å². The summed E-state index contributed by atoms with van der Waals surface area (Å²) in [6.45, 7) is 0. The van der Waals surface area contributed by atoms with E-state index in [1.165, 1.54) is 11.5 Å². The van der Waals surface area contributed by atoms with Gasteiger partial charge in [0.2, 0.25) is 5.89 Å². The molecule has 2 rings (SSSR count). The maximum Gasteiger partial charge on any atom is 0.377 e. The summed E-state index contributed by atoms with van der Waals surface area (Å²) < 4.78 is 4.88. The molecule has 1 aromatic heterocycles. The number of carboxylic acid groups (broad SMARTS) is 1. The quantitative estimate of drug-likeness (QED) is 0.843. The van der Waals surface area contributed by atoms with Gasteiger partial charge in [0.15, 0.2) is 0 Å². The first-order chi connectivity index (χ1) is 7.25. The lowest BCUT2D eigenvalue weighted by Crippen LogP contribution is -2.12. The number of aromatic carboxylic acids is 1. The van der Waals surface area contributed by atoms with Gasteiger partial charge in [0, 0.05) is 6.42 Å². The number of carboxylic acids is 1. The molecular formula is C9H12N2O3S. The highest BCUT2D eigenvalue weighted by Gasteiger charge is 2.19. The summed E-state index contributed by atoms with van der Waals surface area (Å²) in [6.07, 6.45) is 3.01. The van der Waals surface area contributed by atoms with Crippen LogP contribution in [0, 0.1) is 5.92 Å². The largest absolute Gasteiger partial charge is 0.475 e. The Balaban J connectivity index is 1.94. The second-order valence-corrected chi connectivity index (χ2v) is 4.80. The van der Waals surface area contributed by atoms with Gasteiger partial charge < -0.3 is 9.63 Å². The summed E-state index contributed by atoms with van der Waals surface area (Å²) in [5.41, 5.74) is 0. The van der Waals surface area contributed by atoms with Gasteiger partial charge in [0.1, 0.15) is 0 Å². The molecule has 0 saturated carbocycles. The van der Waals surface area contributed by atoms with Crippen LogP contribution in [0.15, 0.2) is 4.52 Å². The molecular weight excluding hydrogens is 216 g/mol. The molecule has 1 N–H and O–H groups in total. The monoisotopic (exact) mass is 228 g/mol. The third-order valence-corrected chi connectivity index (χ3v) is 3.51. The van der Waals surface area contributed by atoms with Crippen LogP contribution in [0.2, 0.25) is 0 Å². The predicted molar refractivity (Wildman–Crippen MR) is 55.0 cm³/mol. The summed E-state index contributed by atoms with van der Waals surface area (Å²) in [5.74, 6) is 1.98. The molecule has 82 valence electrons. The van der Waals surface area contributed by atoms with Crippen LogP contribution in [-0.2, 0) is 6.42 Å². The Bertz CT molecular complexity index is 347. The van der Waals surface area contributed by atoms with E-state index in [1.54, 1.807) is 0 Å². The minimum absolute atomic E-state index is 0.241. The second kappa shape index (κ2) is 4.65. The SMILES string of the molecule is O=C(O)c1noc(CC2CCSCC2)n1. The molecule has 6 heteroatoms. The number of thioether (sulfide) groups is 1. The molecule has 1 aliphatic rings. The standard InChI is InChI=1S/C9H12N2O3S/c12-9(13)8-10-7(14-11-8)5-6-1-3-15-4-2-6/h6H,1-5H2,(H,12,13). The molecule has 0 amide bonds. The Kier molecular flexibility index (Phi) is 3.25. The molecule has 2 heterocycles. The molecule has 0 radical (unpaired) electrons. The lowest BCUT2D eigenvalue weighted by atomic mass is 9.99. The maximum atomic E-state index is 10.5. The van der Waals surface area contributed by atoms with Crippen molar-refractivity contribution in [3.05, 3.63) is 11.7 Å². The van der Waals surface area contributed by atoms with Crippen LogP contribution >= 0.6 is 11.8 Å². The molecule has 0 aromatic carbocycles. The Labute approximate surface area is 91.2 Å². The summed E-state index contributed by atoms with van der Waals surface area (Å²) in [4.78, 5) is 14.3. The second-order valence-electron chi connectivity index (χ2n) is 3.58. The molecule has 1 fully saturated rings. The summed E-state index contributed by atoms with van der Waals surface area (Å²) >= 11 is 1.96. The Morgan fingerprint density at radius 3 is 2.87 bits per heavy atom. The Morgan fingerprint density at radius 2 is 2.27 bits per heavy atom. The smallest absolute Gasteiger partial charge is 0.377 e. The number of hydrogen-bond donors (Lipinski definition) is 1.